The average molecular weight is 338 g/mol. The number of aromatic nitrogens is 1. The maximum absolute atomic E-state index is 12.1. The van der Waals surface area contributed by atoms with Gasteiger partial charge in [-0.25, -0.2) is 4.79 Å². The van der Waals surface area contributed by atoms with Crippen LogP contribution in [0.25, 0.3) is 10.9 Å². The molecule has 0 spiro atoms. The number of fused-ring (bicyclic) bond motifs is 1. The molecule has 1 amide bonds. The number of carbonyl (C=O) groups is 2. The number of hydrogen-bond donors (Lipinski definition) is 3. The molecule has 1 heterocycles. The zero-order valence-corrected chi connectivity index (χ0v) is 13.4. The molecule has 2 aromatic carbocycles. The summed E-state index contributed by atoms with van der Waals surface area (Å²) in [4.78, 5) is 26.4. The Kier molecular flexibility index (Phi) is 4.99. The lowest BCUT2D eigenvalue weighted by Crippen LogP contribution is -2.30. The molecule has 0 saturated heterocycles. The van der Waals surface area contributed by atoms with E-state index in [2.05, 4.69) is 10.3 Å². The quantitative estimate of drug-likeness (QED) is 0.640. The summed E-state index contributed by atoms with van der Waals surface area (Å²) in [7, 11) is 0. The Balaban J connectivity index is 1.72. The topological polar surface area (TPSA) is 91.4 Å². The van der Waals surface area contributed by atoms with Crippen molar-refractivity contribution in [3.63, 3.8) is 0 Å². The highest BCUT2D eigenvalue weighted by Gasteiger charge is 2.21. The van der Waals surface area contributed by atoms with Crippen molar-refractivity contribution in [3.8, 4) is 0 Å². The number of amides is 1. The molecule has 0 aliphatic carbocycles. The summed E-state index contributed by atoms with van der Waals surface area (Å²) in [6, 6.07) is 16.1. The molecule has 3 N–H and O–H groups in total. The Bertz CT molecular complexity index is 873. The van der Waals surface area contributed by atoms with Crippen LogP contribution in [0.4, 0.5) is 4.79 Å². The van der Waals surface area contributed by atoms with Gasteiger partial charge in [0.25, 0.3) is 0 Å². The van der Waals surface area contributed by atoms with Crippen molar-refractivity contribution in [2.45, 2.75) is 19.1 Å². The highest BCUT2D eigenvalue weighted by molar-refractivity contribution is 5.85. The molecule has 3 rings (SSSR count). The van der Waals surface area contributed by atoms with Crippen molar-refractivity contribution in [1.29, 1.82) is 0 Å². The van der Waals surface area contributed by atoms with Crippen molar-refractivity contribution in [2.24, 2.45) is 0 Å². The van der Waals surface area contributed by atoms with Gasteiger partial charge in [-0.15, -0.1) is 0 Å². The summed E-state index contributed by atoms with van der Waals surface area (Å²) in [5, 5.41) is 12.7. The van der Waals surface area contributed by atoms with Gasteiger partial charge in [0.05, 0.1) is 12.5 Å². The van der Waals surface area contributed by atoms with Crippen LogP contribution in [0, 0.1) is 0 Å². The number of rotatable bonds is 6. The van der Waals surface area contributed by atoms with Gasteiger partial charge in [-0.3, -0.25) is 4.79 Å². The van der Waals surface area contributed by atoms with Gasteiger partial charge in [0.1, 0.15) is 6.61 Å². The fourth-order valence-corrected chi connectivity index (χ4v) is 2.70. The molecule has 1 aromatic heterocycles. The molecule has 1 atom stereocenters. The molecule has 0 radical (unpaired) electrons. The number of nitrogens with one attached hydrogen (secondary N) is 2. The Labute approximate surface area is 144 Å². The molecule has 0 unspecified atom stereocenters. The number of carboxylic acids is 1. The van der Waals surface area contributed by atoms with Gasteiger partial charge in [0, 0.05) is 22.7 Å². The van der Waals surface area contributed by atoms with Crippen molar-refractivity contribution in [3.05, 3.63) is 71.9 Å². The molecule has 25 heavy (non-hydrogen) atoms. The molecule has 128 valence electrons. The first kappa shape index (κ1) is 16.6. The maximum atomic E-state index is 12.1. The van der Waals surface area contributed by atoms with Crippen LogP contribution in [0.5, 0.6) is 0 Å². The third kappa shape index (κ3) is 4.17. The third-order valence-corrected chi connectivity index (χ3v) is 3.88. The Morgan fingerprint density at radius 1 is 1.08 bits per heavy atom. The Morgan fingerprint density at radius 2 is 1.80 bits per heavy atom. The summed E-state index contributed by atoms with van der Waals surface area (Å²) in [6.45, 7) is 0.125. The van der Waals surface area contributed by atoms with E-state index >= 15 is 0 Å². The fraction of sp³-hybridized carbons (Fsp3) is 0.158. The van der Waals surface area contributed by atoms with Crippen LogP contribution < -0.4 is 5.32 Å². The minimum Gasteiger partial charge on any atom is -0.481 e. The summed E-state index contributed by atoms with van der Waals surface area (Å²) >= 11 is 0. The van der Waals surface area contributed by atoms with E-state index in [0.29, 0.717) is 0 Å². The third-order valence-electron chi connectivity index (χ3n) is 3.88. The predicted octanol–water partition coefficient (Wildman–Crippen LogP) is 3.61. The number of para-hydroxylation sites is 1. The van der Waals surface area contributed by atoms with Crippen LogP contribution in [0.3, 0.4) is 0 Å². The number of carbonyl (C=O) groups excluding carboxylic acids is 1. The van der Waals surface area contributed by atoms with E-state index in [0.717, 1.165) is 22.0 Å². The van der Waals surface area contributed by atoms with Gasteiger partial charge in [-0.05, 0) is 11.6 Å². The zero-order chi connectivity index (χ0) is 17.6. The number of carboxylic acid groups (broad SMARTS) is 1. The van der Waals surface area contributed by atoms with Crippen molar-refractivity contribution >= 4 is 23.0 Å². The zero-order valence-electron chi connectivity index (χ0n) is 13.4. The van der Waals surface area contributed by atoms with Crippen LogP contribution in [0.1, 0.15) is 23.6 Å². The standard InChI is InChI=1S/C19H18N2O4/c22-18(23)10-17(15-11-20-16-9-5-4-8-14(15)16)21-19(24)25-12-13-6-2-1-3-7-13/h1-9,11,17,20H,10,12H2,(H,21,24)(H,22,23)/t17-/m0/s1. The predicted molar refractivity (Wildman–Crippen MR) is 93.1 cm³/mol. The van der Waals surface area contributed by atoms with Gasteiger partial charge in [0.15, 0.2) is 0 Å². The lowest BCUT2D eigenvalue weighted by molar-refractivity contribution is -0.137. The number of ether oxygens (including phenoxy) is 1. The van der Waals surface area contributed by atoms with E-state index < -0.39 is 18.1 Å². The molecule has 0 bridgehead atoms. The van der Waals surface area contributed by atoms with Gasteiger partial charge < -0.3 is 20.1 Å². The molecule has 6 nitrogen and oxygen atoms in total. The van der Waals surface area contributed by atoms with E-state index in [-0.39, 0.29) is 13.0 Å². The molecule has 3 aromatic rings. The minimum atomic E-state index is -1.00. The van der Waals surface area contributed by atoms with E-state index in [4.69, 9.17) is 4.74 Å². The van der Waals surface area contributed by atoms with E-state index in [1.54, 1.807) is 6.20 Å². The number of alkyl carbamates (subject to hydrolysis) is 1. The normalized spacial score (nSPS) is 11.8. The Morgan fingerprint density at radius 3 is 2.56 bits per heavy atom. The van der Waals surface area contributed by atoms with E-state index in [9.17, 15) is 14.7 Å². The second-order valence-corrected chi connectivity index (χ2v) is 5.65. The van der Waals surface area contributed by atoms with Crippen molar-refractivity contribution in [2.75, 3.05) is 0 Å². The second kappa shape index (κ2) is 7.53. The lowest BCUT2D eigenvalue weighted by Gasteiger charge is -2.16. The SMILES string of the molecule is O=C(O)C[C@H](NC(=O)OCc1ccccc1)c1c[nH]c2ccccc12. The minimum absolute atomic E-state index is 0.125. The summed E-state index contributed by atoms with van der Waals surface area (Å²) < 4.78 is 5.20. The highest BCUT2D eigenvalue weighted by atomic mass is 16.5. The molecule has 0 saturated carbocycles. The average Bonchev–Trinajstić information content (AvgIpc) is 3.04. The number of H-pyrrole nitrogens is 1. The first-order valence-corrected chi connectivity index (χ1v) is 7.88. The van der Waals surface area contributed by atoms with Gasteiger partial charge in [0.2, 0.25) is 0 Å². The number of hydrogen-bond acceptors (Lipinski definition) is 3. The summed E-state index contributed by atoms with van der Waals surface area (Å²) in [5.74, 6) is -1.00. The first-order valence-electron chi connectivity index (χ1n) is 7.88. The summed E-state index contributed by atoms with van der Waals surface area (Å²) in [5.41, 5.74) is 2.46. The fourth-order valence-electron chi connectivity index (χ4n) is 2.70. The first-order chi connectivity index (χ1) is 12.1. The molecule has 0 aliphatic heterocycles. The molecule has 6 heteroatoms. The smallest absolute Gasteiger partial charge is 0.407 e. The van der Waals surface area contributed by atoms with Gasteiger partial charge in [-0.1, -0.05) is 48.5 Å². The summed E-state index contributed by atoms with van der Waals surface area (Å²) in [6.07, 6.45) is 0.832. The highest BCUT2D eigenvalue weighted by Crippen LogP contribution is 2.26. The van der Waals surface area contributed by atoms with Crippen LogP contribution >= 0.6 is 0 Å². The van der Waals surface area contributed by atoms with E-state index in [1.807, 2.05) is 54.6 Å². The lowest BCUT2D eigenvalue weighted by atomic mass is 10.0. The maximum Gasteiger partial charge on any atom is 0.407 e. The molecule has 0 aliphatic rings. The molecule has 0 fully saturated rings. The van der Waals surface area contributed by atoms with Crippen molar-refractivity contribution in [1.82, 2.24) is 10.3 Å². The van der Waals surface area contributed by atoms with Gasteiger partial charge in [-0.2, -0.15) is 0 Å². The number of benzene rings is 2. The van der Waals surface area contributed by atoms with E-state index in [1.165, 1.54) is 0 Å². The largest absolute Gasteiger partial charge is 0.481 e. The van der Waals surface area contributed by atoms with Crippen LogP contribution in [0.15, 0.2) is 60.8 Å². The molecular weight excluding hydrogens is 320 g/mol. The molecular formula is C19H18N2O4. The van der Waals surface area contributed by atoms with Crippen LogP contribution in [-0.4, -0.2) is 22.2 Å². The van der Waals surface area contributed by atoms with Crippen LogP contribution in [0.2, 0.25) is 0 Å². The van der Waals surface area contributed by atoms with Crippen LogP contribution in [-0.2, 0) is 16.1 Å². The Hall–Kier alpha value is -3.28. The van der Waals surface area contributed by atoms with Gasteiger partial charge >= 0.3 is 12.1 Å². The number of aromatic amines is 1. The second-order valence-electron chi connectivity index (χ2n) is 5.65. The number of aliphatic carboxylic acids is 1. The monoisotopic (exact) mass is 338 g/mol. The van der Waals surface area contributed by atoms with Crippen molar-refractivity contribution < 1.29 is 19.4 Å².